The zero-order valence-corrected chi connectivity index (χ0v) is 19.0. The Kier molecular flexibility index (Phi) is 18.5. The molecule has 0 radical (unpaired) electrons. The molecule has 0 aromatic heterocycles. The van der Waals surface area contributed by atoms with Crippen LogP contribution in [0.2, 0.25) is 0 Å². The van der Waals surface area contributed by atoms with Gasteiger partial charge in [0.25, 0.3) is 0 Å². The molecular weight excluding hydrogens is 379 g/mol. The van der Waals surface area contributed by atoms with E-state index in [1.165, 1.54) is 88.2 Å². The van der Waals surface area contributed by atoms with E-state index in [1.807, 2.05) is 18.2 Å². The summed E-state index contributed by atoms with van der Waals surface area (Å²) in [5, 5.41) is 0. The number of allylic oxidation sites excluding steroid dienone is 1. The van der Waals surface area contributed by atoms with E-state index >= 15 is 0 Å². The maximum absolute atomic E-state index is 3.94. The molecule has 3 rings (SSSR count). The van der Waals surface area contributed by atoms with Gasteiger partial charge in [-0.15, -0.1) is 12.1 Å². The molecule has 0 unspecified atom stereocenters. The van der Waals surface area contributed by atoms with Gasteiger partial charge < -0.3 is 6.92 Å². The summed E-state index contributed by atoms with van der Waals surface area (Å²) in [6.45, 7) is 6.15. The first kappa shape index (κ1) is 24.8. The van der Waals surface area contributed by atoms with Crippen LogP contribution in [0.1, 0.15) is 102 Å². The first-order chi connectivity index (χ1) is 11.9. The third-order valence-electron chi connectivity index (χ3n) is 4.73. The van der Waals surface area contributed by atoms with Crippen LogP contribution in [0.3, 0.4) is 0 Å². The van der Waals surface area contributed by atoms with E-state index in [4.69, 9.17) is 0 Å². The summed E-state index contributed by atoms with van der Waals surface area (Å²) in [4.78, 5) is 0. The molecule has 0 N–H and O–H groups in total. The first-order valence-electron chi connectivity index (χ1n) is 10.3. The molecule has 0 aliphatic heterocycles. The van der Waals surface area contributed by atoms with Crippen molar-refractivity contribution in [3.63, 3.8) is 0 Å². The number of unbranched alkanes of at least 4 members (excludes halogenated alkanes) is 1. The van der Waals surface area contributed by atoms with Crippen LogP contribution < -0.4 is 0 Å². The van der Waals surface area contributed by atoms with Gasteiger partial charge in [-0.25, -0.2) is 0 Å². The van der Waals surface area contributed by atoms with Gasteiger partial charge in [0.05, 0.1) is 0 Å². The minimum atomic E-state index is 0. The van der Waals surface area contributed by atoms with Crippen molar-refractivity contribution < 1.29 is 26.2 Å². The van der Waals surface area contributed by atoms with E-state index in [9.17, 15) is 0 Å². The Morgan fingerprint density at radius 2 is 1.28 bits per heavy atom. The van der Waals surface area contributed by atoms with Crippen LogP contribution in [0, 0.1) is 13.0 Å². The van der Waals surface area contributed by atoms with Gasteiger partial charge >= 0.3 is 26.2 Å². The summed E-state index contributed by atoms with van der Waals surface area (Å²) in [5.74, 6) is 0. The maximum Gasteiger partial charge on any atom is 4.00 e. The molecule has 1 heteroatoms. The Bertz CT molecular complexity index is 374. The second kappa shape index (κ2) is 18.6. The third-order valence-corrected chi connectivity index (χ3v) is 4.73. The molecule has 0 bridgehead atoms. The van der Waals surface area contributed by atoms with Crippen LogP contribution in [0.15, 0.2) is 35.9 Å². The largest absolute Gasteiger partial charge is 4.00 e. The van der Waals surface area contributed by atoms with Gasteiger partial charge in [0.1, 0.15) is 0 Å². The second-order valence-electron chi connectivity index (χ2n) is 6.98. The number of hydrogen-bond donors (Lipinski definition) is 0. The van der Waals surface area contributed by atoms with Crippen LogP contribution >= 0.6 is 0 Å². The van der Waals surface area contributed by atoms with Gasteiger partial charge in [-0.05, 0) is 6.42 Å². The Hall–Kier alpha value is -0.157. The third kappa shape index (κ3) is 14.7. The summed E-state index contributed by atoms with van der Waals surface area (Å²) in [7, 11) is 0. The van der Waals surface area contributed by atoms with Crippen LogP contribution in [0.25, 0.3) is 0 Å². The topological polar surface area (TPSA) is 0 Å². The molecule has 0 saturated heterocycles. The monoisotopic (exact) mass is 416 g/mol. The Morgan fingerprint density at radius 1 is 0.840 bits per heavy atom. The van der Waals surface area contributed by atoms with Crippen molar-refractivity contribution in [2.45, 2.75) is 96.8 Å². The molecule has 25 heavy (non-hydrogen) atoms. The van der Waals surface area contributed by atoms with Gasteiger partial charge in [0.2, 0.25) is 0 Å². The van der Waals surface area contributed by atoms with E-state index in [2.05, 4.69) is 32.1 Å². The molecule has 1 aromatic rings. The van der Waals surface area contributed by atoms with Crippen molar-refractivity contribution in [2.75, 3.05) is 0 Å². The SMILES string of the molecule is C1CCCC1.C1CCCC1.[CH2-]CC(=[C-]c1ccccc1)CCCC.[Zr+4]. The van der Waals surface area contributed by atoms with E-state index in [1.54, 1.807) is 0 Å². The molecule has 0 spiro atoms. The average molecular weight is 418 g/mol. The molecular formula is C24H38Zr+2. The first-order valence-corrected chi connectivity index (χ1v) is 10.3. The van der Waals surface area contributed by atoms with Crippen molar-refractivity contribution in [2.24, 2.45) is 0 Å². The quantitative estimate of drug-likeness (QED) is 0.425. The molecule has 2 saturated carbocycles. The van der Waals surface area contributed by atoms with E-state index < -0.39 is 0 Å². The fourth-order valence-corrected chi connectivity index (χ4v) is 3.13. The Labute approximate surface area is 177 Å². The zero-order valence-electron chi connectivity index (χ0n) is 16.5. The minimum Gasteiger partial charge on any atom is -0.340 e. The van der Waals surface area contributed by atoms with Gasteiger partial charge in [-0.3, -0.25) is 0 Å². The normalized spacial score (nSPS) is 16.2. The fraction of sp³-hybridized carbons (Fsp3) is 0.625. The molecule has 2 fully saturated rings. The molecule has 0 nitrogen and oxygen atoms in total. The predicted molar refractivity (Wildman–Crippen MR) is 108 cm³/mol. The molecule has 2 aliphatic carbocycles. The van der Waals surface area contributed by atoms with Crippen LogP contribution in [-0.2, 0) is 26.2 Å². The van der Waals surface area contributed by atoms with Crippen molar-refractivity contribution >= 4 is 0 Å². The summed E-state index contributed by atoms with van der Waals surface area (Å²) < 4.78 is 0. The van der Waals surface area contributed by atoms with Gasteiger partial charge in [-0.2, -0.15) is 35.8 Å². The Morgan fingerprint density at radius 3 is 1.64 bits per heavy atom. The number of rotatable bonds is 5. The molecule has 1 aromatic carbocycles. The number of hydrogen-bond acceptors (Lipinski definition) is 0. The summed E-state index contributed by atoms with van der Waals surface area (Å²) >= 11 is 0. The van der Waals surface area contributed by atoms with Gasteiger partial charge in [-0.1, -0.05) is 90.0 Å². The molecule has 0 amide bonds. The van der Waals surface area contributed by atoms with Gasteiger partial charge in [0, 0.05) is 0 Å². The molecule has 0 atom stereocenters. The van der Waals surface area contributed by atoms with E-state index in [-0.39, 0.29) is 26.2 Å². The van der Waals surface area contributed by atoms with Crippen molar-refractivity contribution in [3.8, 4) is 0 Å². The van der Waals surface area contributed by atoms with E-state index in [0.29, 0.717) is 0 Å². The predicted octanol–water partition coefficient (Wildman–Crippen LogP) is 8.08. The Balaban J connectivity index is 0.000000425. The zero-order chi connectivity index (χ0) is 17.3. The van der Waals surface area contributed by atoms with Crippen molar-refractivity contribution in [3.05, 3.63) is 54.5 Å². The maximum atomic E-state index is 3.94. The molecule has 2 aliphatic rings. The second-order valence-corrected chi connectivity index (χ2v) is 6.98. The number of benzene rings is 1. The van der Waals surface area contributed by atoms with Crippen LogP contribution in [-0.4, -0.2) is 0 Å². The summed E-state index contributed by atoms with van der Waals surface area (Å²) in [5.41, 5.74) is 2.50. The van der Waals surface area contributed by atoms with Crippen LogP contribution in [0.4, 0.5) is 0 Å². The van der Waals surface area contributed by atoms with Gasteiger partial charge in [0.15, 0.2) is 0 Å². The molecule has 136 valence electrons. The summed E-state index contributed by atoms with van der Waals surface area (Å²) in [6.07, 6.45) is 22.9. The summed E-state index contributed by atoms with van der Waals surface area (Å²) in [6, 6.07) is 10.3. The standard InChI is InChI=1S/C14H18.2C5H10.Zr/c1-3-5-9-13(4-2)12-14-10-7-6-8-11-14;2*1-2-4-5-3-1;/h6-8,10-11H,2-5,9H2,1H3;2*1-5H2;/q-2;;;+4. The van der Waals surface area contributed by atoms with Crippen molar-refractivity contribution in [1.82, 2.24) is 0 Å². The molecule has 0 heterocycles. The van der Waals surface area contributed by atoms with Crippen LogP contribution in [0.5, 0.6) is 0 Å². The fourth-order valence-electron chi connectivity index (χ4n) is 3.13. The smallest absolute Gasteiger partial charge is 0.340 e. The average Bonchev–Trinajstić information content (AvgIpc) is 3.38. The van der Waals surface area contributed by atoms with E-state index in [0.717, 1.165) is 12.8 Å². The minimum absolute atomic E-state index is 0. The van der Waals surface area contributed by atoms with Crippen molar-refractivity contribution in [1.29, 1.82) is 0 Å².